The van der Waals surface area contributed by atoms with Gasteiger partial charge < -0.3 is 10.8 Å². The first-order chi connectivity index (χ1) is 4.96. The smallest absolute Gasteiger partial charge is 0.323 e. The third-order valence-corrected chi connectivity index (χ3v) is 1.94. The molecule has 1 aliphatic carbocycles. The van der Waals surface area contributed by atoms with Crippen molar-refractivity contribution in [1.82, 2.24) is 0 Å². The summed E-state index contributed by atoms with van der Waals surface area (Å²) in [5, 5.41) is 8.45. The summed E-state index contributed by atoms with van der Waals surface area (Å²) in [5.74, 6) is -1.33. The van der Waals surface area contributed by atoms with E-state index in [4.69, 9.17) is 10.8 Å². The predicted molar refractivity (Wildman–Crippen MR) is 33.6 cm³/mol. The second-order valence-corrected chi connectivity index (χ2v) is 2.90. The number of carboxylic acid groups (broad SMARTS) is 1. The van der Waals surface area contributed by atoms with Crippen LogP contribution >= 0.6 is 0 Å². The Morgan fingerprint density at radius 2 is 1.82 bits per heavy atom. The van der Waals surface area contributed by atoms with E-state index in [-0.39, 0.29) is 0 Å². The number of aliphatic carboxylic acids is 1. The van der Waals surface area contributed by atoms with Crippen LogP contribution in [0.5, 0.6) is 0 Å². The number of nitrogens with two attached hydrogens (primary N) is 1. The van der Waals surface area contributed by atoms with Gasteiger partial charge in [0.05, 0.1) is 0 Å². The van der Waals surface area contributed by atoms with Crippen LogP contribution in [0.15, 0.2) is 0 Å². The third kappa shape index (κ3) is 1.33. The molecule has 1 aliphatic rings. The maximum Gasteiger partial charge on any atom is 0.323 e. The zero-order valence-electron chi connectivity index (χ0n) is 5.76. The lowest BCUT2D eigenvalue weighted by Gasteiger charge is -2.15. The van der Waals surface area contributed by atoms with E-state index in [0.717, 1.165) is 0 Å². The van der Waals surface area contributed by atoms with E-state index >= 15 is 0 Å². The van der Waals surface area contributed by atoms with E-state index in [0.29, 0.717) is 0 Å². The lowest BCUT2D eigenvalue weighted by atomic mass is 10.00. The van der Waals surface area contributed by atoms with Gasteiger partial charge in [0, 0.05) is 12.8 Å². The number of alkyl halides is 2. The van der Waals surface area contributed by atoms with Gasteiger partial charge >= 0.3 is 5.97 Å². The minimum Gasteiger partial charge on any atom is -0.480 e. The highest BCUT2D eigenvalue weighted by Gasteiger charge is 2.48. The largest absolute Gasteiger partial charge is 0.480 e. The van der Waals surface area contributed by atoms with Crippen molar-refractivity contribution in [3.63, 3.8) is 0 Å². The second kappa shape index (κ2) is 2.41. The maximum atomic E-state index is 12.5. The van der Waals surface area contributed by atoms with Gasteiger partial charge in [-0.15, -0.1) is 0 Å². The summed E-state index contributed by atoms with van der Waals surface area (Å²) in [6.45, 7) is 0. The molecular weight excluding hydrogens is 155 g/mol. The molecule has 3 N–H and O–H groups in total. The SMILES string of the molecule is N[C@]1(C(=O)O)C[C@@H](F)[C@@H]([18F])C1. The molecule has 0 aromatic carbocycles. The number of halogens is 2. The lowest BCUT2D eigenvalue weighted by molar-refractivity contribution is -0.143. The Hall–Kier alpha value is -0.710. The second-order valence-electron chi connectivity index (χ2n) is 2.90. The number of hydrogen-bond acceptors (Lipinski definition) is 2. The van der Waals surface area contributed by atoms with Crippen molar-refractivity contribution in [2.45, 2.75) is 30.7 Å². The van der Waals surface area contributed by atoms with Crippen LogP contribution in [0.3, 0.4) is 0 Å². The Labute approximate surface area is 62.2 Å². The normalized spacial score (nSPS) is 44.3. The molecule has 0 radical (unpaired) electrons. The van der Waals surface area contributed by atoms with E-state index in [1.807, 2.05) is 0 Å². The summed E-state index contributed by atoms with van der Waals surface area (Å²) >= 11 is 0. The molecule has 0 unspecified atom stereocenters. The molecule has 5 heteroatoms. The summed E-state index contributed by atoms with van der Waals surface area (Å²) in [6, 6.07) is 0. The monoisotopic (exact) mass is 164 g/mol. The molecule has 0 amide bonds. The number of carbonyl (C=O) groups is 1. The first kappa shape index (κ1) is 8.39. The van der Waals surface area contributed by atoms with Crippen molar-refractivity contribution < 1.29 is 18.7 Å². The van der Waals surface area contributed by atoms with Crippen molar-refractivity contribution in [1.29, 1.82) is 0 Å². The van der Waals surface area contributed by atoms with Crippen molar-refractivity contribution >= 4 is 5.97 Å². The highest BCUT2D eigenvalue weighted by Crippen LogP contribution is 2.32. The molecule has 64 valence electrons. The van der Waals surface area contributed by atoms with Gasteiger partial charge in [-0.2, -0.15) is 0 Å². The van der Waals surface area contributed by atoms with E-state index in [1.165, 1.54) is 0 Å². The standard InChI is InChI=1S/C6H9F2NO2/c7-3-1-6(9,5(10)11)2-4(3)8/h3-4H,1-2,9H2,(H,10,11)/t3-,4+,6-/i7-1/m0/s1. The van der Waals surface area contributed by atoms with Crippen LogP contribution in [0, 0.1) is 0 Å². The summed E-state index contributed by atoms with van der Waals surface area (Å²) in [7, 11) is 0. The Morgan fingerprint density at radius 1 is 1.45 bits per heavy atom. The molecule has 3 nitrogen and oxygen atoms in total. The van der Waals surface area contributed by atoms with E-state index < -0.39 is 36.7 Å². The van der Waals surface area contributed by atoms with Gasteiger partial charge in [0.1, 0.15) is 17.9 Å². The fraction of sp³-hybridized carbons (Fsp3) is 0.833. The van der Waals surface area contributed by atoms with Gasteiger partial charge in [0.25, 0.3) is 0 Å². The molecule has 1 fully saturated rings. The zero-order chi connectivity index (χ0) is 8.65. The molecule has 0 saturated heterocycles. The quantitative estimate of drug-likeness (QED) is 0.583. The molecule has 0 heterocycles. The first-order valence-corrected chi connectivity index (χ1v) is 3.26. The molecule has 0 aliphatic heterocycles. The predicted octanol–water partition coefficient (Wildman–Crippen LogP) is 0.238. The Balaban J connectivity index is 2.71. The zero-order valence-corrected chi connectivity index (χ0v) is 5.76. The molecule has 11 heavy (non-hydrogen) atoms. The summed E-state index contributed by atoms with van der Waals surface area (Å²) < 4.78 is 24.9. The van der Waals surface area contributed by atoms with Gasteiger partial charge in [0.15, 0.2) is 0 Å². The van der Waals surface area contributed by atoms with Gasteiger partial charge in [-0.25, -0.2) is 8.78 Å². The minimum atomic E-state index is -1.73. The van der Waals surface area contributed by atoms with Crippen LogP contribution in [0.25, 0.3) is 0 Å². The summed E-state index contributed by atoms with van der Waals surface area (Å²) in [6.07, 6.45) is -4.31. The fourth-order valence-corrected chi connectivity index (χ4v) is 1.21. The Morgan fingerprint density at radius 3 is 2.00 bits per heavy atom. The topological polar surface area (TPSA) is 63.3 Å². The van der Waals surface area contributed by atoms with Crippen LogP contribution in [0.4, 0.5) is 8.78 Å². The molecule has 1 rings (SSSR count). The highest BCUT2D eigenvalue weighted by molar-refractivity contribution is 5.79. The summed E-state index contributed by atoms with van der Waals surface area (Å²) in [5.41, 5.74) is 3.51. The molecule has 0 bridgehead atoms. The third-order valence-electron chi connectivity index (χ3n) is 1.94. The van der Waals surface area contributed by atoms with Crippen molar-refractivity contribution in [2.24, 2.45) is 5.73 Å². The average Bonchev–Trinajstić information content (AvgIpc) is 2.09. The summed E-state index contributed by atoms with van der Waals surface area (Å²) in [4.78, 5) is 10.4. The average molecular weight is 164 g/mol. The van der Waals surface area contributed by atoms with Gasteiger partial charge in [-0.05, 0) is 0 Å². The van der Waals surface area contributed by atoms with Crippen molar-refractivity contribution in [3.05, 3.63) is 0 Å². The van der Waals surface area contributed by atoms with Crippen LogP contribution in [0.1, 0.15) is 12.8 Å². The van der Waals surface area contributed by atoms with Crippen molar-refractivity contribution in [3.8, 4) is 0 Å². The fourth-order valence-electron chi connectivity index (χ4n) is 1.21. The van der Waals surface area contributed by atoms with Crippen LogP contribution in [0.2, 0.25) is 0 Å². The van der Waals surface area contributed by atoms with Crippen LogP contribution < -0.4 is 5.73 Å². The Bertz CT molecular complexity index is 175. The molecule has 0 spiro atoms. The number of carboxylic acids is 1. The van der Waals surface area contributed by atoms with E-state index in [1.54, 1.807) is 0 Å². The van der Waals surface area contributed by atoms with Crippen LogP contribution in [-0.2, 0) is 4.79 Å². The van der Waals surface area contributed by atoms with E-state index in [2.05, 4.69) is 0 Å². The Kier molecular flexibility index (Phi) is 1.83. The maximum absolute atomic E-state index is 12.5. The van der Waals surface area contributed by atoms with Crippen molar-refractivity contribution in [2.75, 3.05) is 0 Å². The van der Waals surface area contributed by atoms with E-state index in [9.17, 15) is 13.6 Å². The molecule has 1 saturated carbocycles. The van der Waals surface area contributed by atoms with Gasteiger partial charge in [0.2, 0.25) is 0 Å². The molecule has 0 aromatic rings. The highest BCUT2D eigenvalue weighted by atomic mass is 19.1. The van der Waals surface area contributed by atoms with Crippen LogP contribution in [-0.4, -0.2) is 29.0 Å². The molecule has 3 atom stereocenters. The lowest BCUT2D eigenvalue weighted by Crippen LogP contribution is -2.45. The van der Waals surface area contributed by atoms with Gasteiger partial charge in [-0.1, -0.05) is 0 Å². The number of rotatable bonds is 1. The van der Waals surface area contributed by atoms with Gasteiger partial charge in [-0.3, -0.25) is 4.79 Å². The molecule has 0 aromatic heterocycles. The minimum absolute atomic E-state index is 0.427. The number of hydrogen-bond donors (Lipinski definition) is 2. The molecular formula is C6H9F2NO2. The first-order valence-electron chi connectivity index (χ1n) is 3.26.